The molecular weight excluding hydrogens is 461 g/mol. The van der Waals surface area contributed by atoms with E-state index in [1.807, 2.05) is 12.1 Å². The van der Waals surface area contributed by atoms with Crippen molar-refractivity contribution in [1.82, 2.24) is 29.5 Å². The van der Waals surface area contributed by atoms with Gasteiger partial charge in [0.2, 0.25) is 5.88 Å². The summed E-state index contributed by atoms with van der Waals surface area (Å²) < 4.78 is 45.7. The van der Waals surface area contributed by atoms with Gasteiger partial charge in [-0.05, 0) is 18.4 Å². The van der Waals surface area contributed by atoms with E-state index in [2.05, 4.69) is 30.2 Å². The van der Waals surface area contributed by atoms with Gasteiger partial charge in [-0.1, -0.05) is 24.3 Å². The fourth-order valence-electron chi connectivity index (χ4n) is 3.90. The van der Waals surface area contributed by atoms with Crippen molar-refractivity contribution in [2.24, 2.45) is 7.05 Å². The monoisotopic (exact) mass is 482 g/mol. The number of aromatic nitrogens is 6. The van der Waals surface area contributed by atoms with Crippen LogP contribution in [0.15, 0.2) is 49.2 Å². The summed E-state index contributed by atoms with van der Waals surface area (Å²) in [6.45, 7) is 0. The van der Waals surface area contributed by atoms with Crippen molar-refractivity contribution in [1.29, 1.82) is 0 Å². The van der Waals surface area contributed by atoms with Gasteiger partial charge in [0.05, 0.1) is 30.1 Å². The number of hydrogen-bond donors (Lipinski definition) is 2. The summed E-state index contributed by atoms with van der Waals surface area (Å²) in [5.41, 5.74) is 7.29. The highest BCUT2D eigenvalue weighted by atomic mass is 19.4. The first-order chi connectivity index (χ1) is 16.7. The van der Waals surface area contributed by atoms with Crippen LogP contribution in [0.2, 0.25) is 0 Å². The number of aryl methyl sites for hydroxylation is 1. The first-order valence-electron chi connectivity index (χ1n) is 10.7. The maximum absolute atomic E-state index is 13.0. The molecule has 3 heterocycles. The lowest BCUT2D eigenvalue weighted by molar-refractivity contribution is -0.140. The quantitative estimate of drug-likeness (QED) is 0.423. The molecule has 1 fully saturated rings. The van der Waals surface area contributed by atoms with E-state index in [4.69, 9.17) is 10.5 Å². The normalized spacial score (nSPS) is 14.5. The van der Waals surface area contributed by atoms with Gasteiger partial charge >= 0.3 is 6.18 Å². The maximum Gasteiger partial charge on any atom is 0.434 e. The number of imidazole rings is 1. The van der Waals surface area contributed by atoms with Crippen LogP contribution >= 0.6 is 0 Å². The summed E-state index contributed by atoms with van der Waals surface area (Å²) in [5, 5.41) is 3.43. The van der Waals surface area contributed by atoms with E-state index in [9.17, 15) is 13.2 Å². The number of hydrogen-bond acceptors (Lipinski definition) is 8. The van der Waals surface area contributed by atoms with Crippen molar-refractivity contribution < 1.29 is 17.9 Å². The summed E-state index contributed by atoms with van der Waals surface area (Å²) >= 11 is 0. The fourth-order valence-corrected chi connectivity index (χ4v) is 3.90. The Kier molecular flexibility index (Phi) is 5.30. The SMILES string of the molecule is COc1ncncc1-c1ncc(N)c(NC2(c3ccc(-c4nc(C(F)(F)F)cn4C)cc3)CC2)n1. The molecule has 0 spiro atoms. The van der Waals surface area contributed by atoms with Gasteiger partial charge in [0.25, 0.3) is 0 Å². The molecule has 3 N–H and O–H groups in total. The third-order valence-corrected chi connectivity index (χ3v) is 5.90. The molecule has 0 radical (unpaired) electrons. The molecule has 0 unspecified atom stereocenters. The summed E-state index contributed by atoms with van der Waals surface area (Å²) in [5.74, 6) is 1.41. The van der Waals surface area contributed by atoms with Crippen molar-refractivity contribution in [3.05, 3.63) is 60.4 Å². The smallest absolute Gasteiger partial charge is 0.434 e. The molecule has 0 atom stereocenters. The Balaban J connectivity index is 1.41. The second kappa shape index (κ2) is 8.22. The van der Waals surface area contributed by atoms with Gasteiger partial charge in [-0.3, -0.25) is 0 Å². The highest BCUT2D eigenvalue weighted by molar-refractivity contribution is 5.69. The predicted molar refractivity (Wildman–Crippen MR) is 122 cm³/mol. The fraction of sp³-hybridized carbons (Fsp3) is 0.261. The van der Waals surface area contributed by atoms with Crippen molar-refractivity contribution in [2.75, 3.05) is 18.2 Å². The van der Waals surface area contributed by atoms with Crippen LogP contribution in [0, 0.1) is 0 Å². The number of anilines is 2. The largest absolute Gasteiger partial charge is 0.480 e. The number of methoxy groups -OCH3 is 1. The molecule has 12 heteroatoms. The van der Waals surface area contributed by atoms with Crippen LogP contribution in [0.4, 0.5) is 24.7 Å². The van der Waals surface area contributed by atoms with E-state index in [0.717, 1.165) is 24.6 Å². The molecule has 1 saturated carbocycles. The molecule has 0 saturated heterocycles. The number of nitrogen functional groups attached to an aromatic ring is 1. The lowest BCUT2D eigenvalue weighted by Crippen LogP contribution is -2.21. The van der Waals surface area contributed by atoms with E-state index < -0.39 is 17.4 Å². The van der Waals surface area contributed by atoms with E-state index in [0.29, 0.717) is 34.3 Å². The Hall–Kier alpha value is -4.22. The van der Waals surface area contributed by atoms with Crippen LogP contribution in [-0.2, 0) is 18.8 Å². The highest BCUT2D eigenvalue weighted by Gasteiger charge is 2.45. The lowest BCUT2D eigenvalue weighted by atomic mass is 10.0. The zero-order valence-corrected chi connectivity index (χ0v) is 18.8. The van der Waals surface area contributed by atoms with Gasteiger partial charge in [0, 0.05) is 25.0 Å². The third kappa shape index (κ3) is 4.22. The second-order valence-electron chi connectivity index (χ2n) is 8.29. The Morgan fingerprint density at radius 1 is 1.09 bits per heavy atom. The van der Waals surface area contributed by atoms with Crippen molar-refractivity contribution in [2.45, 2.75) is 24.6 Å². The van der Waals surface area contributed by atoms with Crippen LogP contribution in [-0.4, -0.2) is 36.6 Å². The van der Waals surface area contributed by atoms with Crippen molar-refractivity contribution in [3.63, 3.8) is 0 Å². The van der Waals surface area contributed by atoms with E-state index in [1.165, 1.54) is 31.2 Å². The summed E-state index contributed by atoms with van der Waals surface area (Å²) in [6, 6.07) is 7.29. The maximum atomic E-state index is 13.0. The van der Waals surface area contributed by atoms with Gasteiger partial charge in [-0.15, -0.1) is 0 Å². The Labute approximate surface area is 198 Å². The van der Waals surface area contributed by atoms with Crippen molar-refractivity contribution in [3.8, 4) is 28.7 Å². The number of halogens is 3. The number of rotatable bonds is 6. The Morgan fingerprint density at radius 3 is 2.46 bits per heavy atom. The zero-order chi connectivity index (χ0) is 24.8. The average Bonchev–Trinajstić information content (AvgIpc) is 3.52. The van der Waals surface area contributed by atoms with Gasteiger partial charge < -0.3 is 20.4 Å². The van der Waals surface area contributed by atoms with Crippen LogP contribution in [0.1, 0.15) is 24.1 Å². The molecule has 0 aliphatic heterocycles. The van der Waals surface area contributed by atoms with Gasteiger partial charge in [-0.2, -0.15) is 13.2 Å². The van der Waals surface area contributed by atoms with Crippen LogP contribution in [0.3, 0.4) is 0 Å². The van der Waals surface area contributed by atoms with Crippen LogP contribution in [0.25, 0.3) is 22.8 Å². The third-order valence-electron chi connectivity index (χ3n) is 5.90. The molecule has 0 amide bonds. The zero-order valence-electron chi connectivity index (χ0n) is 18.8. The lowest BCUT2D eigenvalue weighted by Gasteiger charge is -2.20. The predicted octanol–water partition coefficient (Wildman–Crippen LogP) is 4.04. The Morgan fingerprint density at radius 2 is 1.83 bits per heavy atom. The molecule has 1 aliphatic carbocycles. The molecule has 4 aromatic rings. The molecule has 9 nitrogen and oxygen atoms in total. The minimum atomic E-state index is -4.50. The molecule has 3 aromatic heterocycles. The molecule has 1 aromatic carbocycles. The number of ether oxygens (including phenoxy) is 1. The number of nitrogens with zero attached hydrogens (tertiary/aromatic N) is 6. The minimum absolute atomic E-state index is 0.241. The topological polar surface area (TPSA) is 117 Å². The van der Waals surface area contributed by atoms with Gasteiger partial charge in [0.15, 0.2) is 17.3 Å². The summed E-state index contributed by atoms with van der Waals surface area (Å²) in [4.78, 5) is 20.7. The molecule has 0 bridgehead atoms. The van der Waals surface area contributed by atoms with Crippen LogP contribution in [0.5, 0.6) is 5.88 Å². The first kappa shape index (κ1) is 22.6. The summed E-state index contributed by atoms with van der Waals surface area (Å²) in [7, 11) is 3.04. The second-order valence-corrected chi connectivity index (χ2v) is 8.29. The van der Waals surface area contributed by atoms with Gasteiger partial charge in [0.1, 0.15) is 12.2 Å². The van der Waals surface area contributed by atoms with Gasteiger partial charge in [-0.25, -0.2) is 24.9 Å². The summed E-state index contributed by atoms with van der Waals surface area (Å²) in [6.07, 6.45) is 2.60. The molecule has 5 rings (SSSR count). The van der Waals surface area contributed by atoms with E-state index in [-0.39, 0.29) is 5.82 Å². The molecule has 180 valence electrons. The number of nitrogens with two attached hydrogens (primary N) is 1. The number of benzene rings is 1. The highest BCUT2D eigenvalue weighted by Crippen LogP contribution is 2.49. The first-order valence-corrected chi connectivity index (χ1v) is 10.7. The standard InChI is InChI=1S/C23H21F3N8O/c1-34-11-17(23(24,25)26)31-20(34)13-3-5-14(6-4-13)22(7-8-22)33-19-16(27)10-29-18(32-19)15-9-28-12-30-21(15)35-2/h3-6,9-12H,7-8,27H2,1-2H3,(H,29,32,33). The number of alkyl halides is 3. The molecule has 1 aliphatic rings. The van der Waals surface area contributed by atoms with E-state index in [1.54, 1.807) is 18.3 Å². The van der Waals surface area contributed by atoms with Crippen molar-refractivity contribution >= 4 is 11.5 Å². The molecular formula is C23H21F3N8O. The Bertz CT molecular complexity index is 1380. The number of nitrogens with one attached hydrogen (secondary N) is 1. The van der Waals surface area contributed by atoms with Crippen LogP contribution < -0.4 is 15.8 Å². The average molecular weight is 482 g/mol. The van der Waals surface area contributed by atoms with E-state index >= 15 is 0 Å². The minimum Gasteiger partial charge on any atom is -0.480 e. The molecule has 35 heavy (non-hydrogen) atoms.